The summed E-state index contributed by atoms with van der Waals surface area (Å²) in [5.74, 6) is 2.74. The lowest BCUT2D eigenvalue weighted by Gasteiger charge is -2.07. The normalized spacial score (nSPS) is 10.3. The molecule has 2 aromatic heterocycles. The molecule has 3 aromatic rings. The summed E-state index contributed by atoms with van der Waals surface area (Å²) in [5.41, 5.74) is 1.12. The molecule has 7 nitrogen and oxygen atoms in total. The third kappa shape index (κ3) is 4.19. The van der Waals surface area contributed by atoms with E-state index in [0.29, 0.717) is 24.9 Å². The van der Waals surface area contributed by atoms with Crippen LogP contribution in [-0.2, 0) is 13.1 Å². The first kappa shape index (κ1) is 14.8. The Morgan fingerprint density at radius 1 is 1.09 bits per heavy atom. The van der Waals surface area contributed by atoms with Gasteiger partial charge in [0, 0.05) is 6.54 Å². The number of rotatable bonds is 7. The molecule has 1 aromatic carbocycles. The zero-order valence-electron chi connectivity index (χ0n) is 12.7. The van der Waals surface area contributed by atoms with Crippen LogP contribution in [0.4, 0.5) is 11.8 Å². The topological polar surface area (TPSA) is 85.1 Å². The molecular weight excluding hydrogens is 294 g/mol. The molecule has 2 N–H and O–H groups in total. The van der Waals surface area contributed by atoms with Crippen molar-refractivity contribution in [3.8, 4) is 5.75 Å². The van der Waals surface area contributed by atoms with E-state index in [0.717, 1.165) is 17.1 Å². The number of nitrogens with one attached hydrogen (secondary N) is 2. The molecule has 0 aliphatic heterocycles. The van der Waals surface area contributed by atoms with Gasteiger partial charge in [-0.1, -0.05) is 12.1 Å². The van der Waals surface area contributed by atoms with E-state index in [1.807, 2.05) is 36.4 Å². The third-order valence-electron chi connectivity index (χ3n) is 3.19. The van der Waals surface area contributed by atoms with E-state index < -0.39 is 0 Å². The number of hydrogen-bond donors (Lipinski definition) is 2. The number of furan rings is 1. The molecule has 0 amide bonds. The quantitative estimate of drug-likeness (QED) is 0.694. The minimum Gasteiger partial charge on any atom is -0.497 e. The molecule has 7 heteroatoms. The standard InChI is InChI=1S/C16H17N5O2/c1-22-13-6-4-12(5-7-13)9-17-15-11-19-21-16(20-15)18-10-14-3-2-8-23-14/h2-8,11H,9-10H2,1H3,(H2,17,18,20,21). The molecule has 2 heterocycles. The molecule has 0 saturated carbocycles. The lowest BCUT2D eigenvalue weighted by molar-refractivity contribution is 0.414. The lowest BCUT2D eigenvalue weighted by Crippen LogP contribution is -2.07. The first-order valence-corrected chi connectivity index (χ1v) is 7.16. The van der Waals surface area contributed by atoms with Crippen molar-refractivity contribution in [2.24, 2.45) is 0 Å². The van der Waals surface area contributed by atoms with Crippen molar-refractivity contribution in [3.05, 3.63) is 60.2 Å². The molecule has 118 valence electrons. The SMILES string of the molecule is COc1ccc(CNc2cnnc(NCc3ccco3)n2)cc1. The molecule has 0 fully saturated rings. The molecule has 3 rings (SSSR count). The van der Waals surface area contributed by atoms with E-state index in [1.165, 1.54) is 0 Å². The van der Waals surface area contributed by atoms with Crippen molar-refractivity contribution in [1.29, 1.82) is 0 Å². The molecule has 0 spiro atoms. The Labute approximate surface area is 133 Å². The number of nitrogens with zero attached hydrogens (tertiary/aromatic N) is 3. The molecule has 0 unspecified atom stereocenters. The summed E-state index contributed by atoms with van der Waals surface area (Å²) in [6, 6.07) is 11.6. The van der Waals surface area contributed by atoms with E-state index in [1.54, 1.807) is 19.6 Å². The van der Waals surface area contributed by atoms with E-state index in [9.17, 15) is 0 Å². The van der Waals surface area contributed by atoms with Gasteiger partial charge in [0.1, 0.15) is 11.5 Å². The fourth-order valence-electron chi connectivity index (χ4n) is 1.98. The van der Waals surface area contributed by atoms with Crippen LogP contribution < -0.4 is 15.4 Å². The maximum Gasteiger partial charge on any atom is 0.245 e. The second-order valence-corrected chi connectivity index (χ2v) is 4.80. The fraction of sp³-hybridized carbons (Fsp3) is 0.188. The first-order valence-electron chi connectivity index (χ1n) is 7.16. The molecule has 0 aliphatic rings. The van der Waals surface area contributed by atoms with Crippen LogP contribution in [-0.4, -0.2) is 22.3 Å². The highest BCUT2D eigenvalue weighted by atomic mass is 16.5. The predicted octanol–water partition coefficient (Wildman–Crippen LogP) is 2.70. The van der Waals surface area contributed by atoms with Gasteiger partial charge < -0.3 is 19.8 Å². The van der Waals surface area contributed by atoms with Gasteiger partial charge >= 0.3 is 0 Å². The Kier molecular flexibility index (Phi) is 4.68. The van der Waals surface area contributed by atoms with Crippen LogP contribution in [0.2, 0.25) is 0 Å². The van der Waals surface area contributed by atoms with Gasteiger partial charge in [-0.05, 0) is 29.8 Å². The van der Waals surface area contributed by atoms with E-state index >= 15 is 0 Å². The summed E-state index contributed by atoms with van der Waals surface area (Å²) in [6.07, 6.45) is 3.21. The smallest absolute Gasteiger partial charge is 0.245 e. The lowest BCUT2D eigenvalue weighted by atomic mass is 10.2. The van der Waals surface area contributed by atoms with Crippen LogP contribution in [0, 0.1) is 0 Å². The van der Waals surface area contributed by atoms with Gasteiger partial charge in [-0.2, -0.15) is 10.1 Å². The second-order valence-electron chi connectivity index (χ2n) is 4.80. The van der Waals surface area contributed by atoms with Crippen molar-refractivity contribution < 1.29 is 9.15 Å². The molecular formula is C16H17N5O2. The zero-order valence-corrected chi connectivity index (χ0v) is 12.7. The number of methoxy groups -OCH3 is 1. The van der Waals surface area contributed by atoms with Gasteiger partial charge in [-0.3, -0.25) is 0 Å². The van der Waals surface area contributed by atoms with Crippen LogP contribution in [0.5, 0.6) is 5.75 Å². The minimum atomic E-state index is 0.445. The summed E-state index contributed by atoms with van der Waals surface area (Å²) < 4.78 is 10.4. The average molecular weight is 311 g/mol. The van der Waals surface area contributed by atoms with Gasteiger partial charge in [0.2, 0.25) is 5.95 Å². The van der Waals surface area contributed by atoms with Crippen molar-refractivity contribution in [3.63, 3.8) is 0 Å². The summed E-state index contributed by atoms with van der Waals surface area (Å²) in [7, 11) is 1.65. The number of aromatic nitrogens is 3. The number of hydrogen-bond acceptors (Lipinski definition) is 7. The number of benzene rings is 1. The van der Waals surface area contributed by atoms with Gasteiger partial charge in [0.25, 0.3) is 0 Å². The molecule has 0 bridgehead atoms. The summed E-state index contributed by atoms with van der Waals surface area (Å²) in [5, 5.41) is 14.2. The van der Waals surface area contributed by atoms with Crippen LogP contribution >= 0.6 is 0 Å². The molecule has 0 radical (unpaired) electrons. The number of ether oxygens (including phenoxy) is 1. The van der Waals surface area contributed by atoms with Crippen LogP contribution in [0.25, 0.3) is 0 Å². The Morgan fingerprint density at radius 3 is 2.70 bits per heavy atom. The van der Waals surface area contributed by atoms with E-state index in [2.05, 4.69) is 25.8 Å². The Balaban J connectivity index is 1.56. The van der Waals surface area contributed by atoms with Gasteiger partial charge in [0.15, 0.2) is 5.82 Å². The van der Waals surface area contributed by atoms with Crippen molar-refractivity contribution in [2.75, 3.05) is 17.7 Å². The highest BCUT2D eigenvalue weighted by Gasteiger charge is 2.02. The van der Waals surface area contributed by atoms with Gasteiger partial charge in [-0.25, -0.2) is 0 Å². The Bertz CT molecular complexity index is 728. The largest absolute Gasteiger partial charge is 0.497 e. The molecule has 0 saturated heterocycles. The monoisotopic (exact) mass is 311 g/mol. The van der Waals surface area contributed by atoms with Crippen molar-refractivity contribution in [1.82, 2.24) is 15.2 Å². The van der Waals surface area contributed by atoms with Crippen molar-refractivity contribution >= 4 is 11.8 Å². The Morgan fingerprint density at radius 2 is 1.96 bits per heavy atom. The second kappa shape index (κ2) is 7.26. The summed E-state index contributed by atoms with van der Waals surface area (Å²) in [6.45, 7) is 1.15. The van der Waals surface area contributed by atoms with Gasteiger partial charge in [0.05, 0.1) is 26.1 Å². The fourth-order valence-corrected chi connectivity index (χ4v) is 1.98. The molecule has 0 aliphatic carbocycles. The van der Waals surface area contributed by atoms with E-state index in [-0.39, 0.29) is 0 Å². The maximum absolute atomic E-state index is 5.25. The average Bonchev–Trinajstić information content (AvgIpc) is 3.12. The van der Waals surface area contributed by atoms with Crippen LogP contribution in [0.15, 0.2) is 53.3 Å². The highest BCUT2D eigenvalue weighted by Crippen LogP contribution is 2.13. The zero-order chi connectivity index (χ0) is 15.9. The van der Waals surface area contributed by atoms with Crippen molar-refractivity contribution in [2.45, 2.75) is 13.1 Å². The van der Waals surface area contributed by atoms with E-state index in [4.69, 9.17) is 9.15 Å². The summed E-state index contributed by atoms with van der Waals surface area (Å²) in [4.78, 5) is 4.36. The minimum absolute atomic E-state index is 0.445. The highest BCUT2D eigenvalue weighted by molar-refractivity contribution is 5.38. The van der Waals surface area contributed by atoms with Crippen LogP contribution in [0.1, 0.15) is 11.3 Å². The molecule has 23 heavy (non-hydrogen) atoms. The first-order chi connectivity index (χ1) is 11.3. The predicted molar refractivity (Wildman–Crippen MR) is 86.2 cm³/mol. The van der Waals surface area contributed by atoms with Gasteiger partial charge in [-0.15, -0.1) is 5.10 Å². The number of anilines is 2. The third-order valence-corrected chi connectivity index (χ3v) is 3.19. The Hall–Kier alpha value is -3.09. The van der Waals surface area contributed by atoms with Crippen LogP contribution in [0.3, 0.4) is 0 Å². The maximum atomic E-state index is 5.25. The molecule has 0 atom stereocenters. The summed E-state index contributed by atoms with van der Waals surface area (Å²) >= 11 is 0.